The Hall–Kier alpha value is -2.08. The van der Waals surface area contributed by atoms with Crippen LogP contribution in [0.1, 0.15) is 23.0 Å². The van der Waals surface area contributed by atoms with Crippen LogP contribution in [-0.4, -0.2) is 21.2 Å². The van der Waals surface area contributed by atoms with Crippen molar-refractivity contribution in [3.63, 3.8) is 0 Å². The smallest absolute Gasteiger partial charge is 0.297 e. The van der Waals surface area contributed by atoms with E-state index in [1.54, 1.807) is 6.07 Å². The first-order chi connectivity index (χ1) is 10.0. The number of carbonyl (C=O) groups excluding carboxylic acids is 1. The van der Waals surface area contributed by atoms with E-state index in [1.807, 2.05) is 25.1 Å². The Kier molecular flexibility index (Phi) is 3.33. The number of nitrogens with zero attached hydrogens (tertiary/aromatic N) is 1. The zero-order chi connectivity index (χ0) is 15.0. The summed E-state index contributed by atoms with van der Waals surface area (Å²) in [7, 11) is -3.79. The van der Waals surface area contributed by atoms with Crippen LogP contribution in [-0.2, 0) is 16.4 Å². The van der Waals surface area contributed by atoms with Crippen molar-refractivity contribution in [2.24, 2.45) is 5.92 Å². The summed E-state index contributed by atoms with van der Waals surface area (Å²) in [6, 6.07) is 10.1. The highest BCUT2D eigenvalue weighted by Gasteiger charge is 2.33. The second-order valence-corrected chi connectivity index (χ2v) is 7.04. The maximum absolute atomic E-state index is 12.7. The minimum Gasteiger partial charge on any atom is -0.440 e. The van der Waals surface area contributed by atoms with Crippen molar-refractivity contribution in [1.82, 2.24) is 0 Å². The quantitative estimate of drug-likeness (QED) is 0.817. The van der Waals surface area contributed by atoms with Gasteiger partial charge in [-0.05, 0) is 36.1 Å². The molecule has 6 heteroatoms. The molecule has 3 rings (SSSR count). The summed E-state index contributed by atoms with van der Waals surface area (Å²) in [6.07, 6.45) is 1.34. The molecular weight excluding hydrogens is 290 g/mol. The van der Waals surface area contributed by atoms with Crippen molar-refractivity contribution in [2.75, 3.05) is 10.8 Å². The monoisotopic (exact) mass is 305 g/mol. The molecule has 0 bridgehead atoms. The Morgan fingerprint density at radius 2 is 2.00 bits per heavy atom. The van der Waals surface area contributed by atoms with Gasteiger partial charge in [0.15, 0.2) is 12.0 Å². The highest BCUT2D eigenvalue weighted by atomic mass is 32.2. The number of para-hydroxylation sites is 1. The van der Waals surface area contributed by atoms with Crippen molar-refractivity contribution < 1.29 is 17.6 Å². The van der Waals surface area contributed by atoms with Gasteiger partial charge in [0, 0.05) is 6.54 Å². The summed E-state index contributed by atoms with van der Waals surface area (Å²) in [5.41, 5.74) is 1.68. The SMILES string of the molecule is CC1Cc2ccccc2N(S(=O)(=O)c2ccc(C=O)o2)C1. The Labute approximate surface area is 123 Å². The van der Waals surface area contributed by atoms with Crippen LogP contribution in [0.4, 0.5) is 5.69 Å². The fourth-order valence-corrected chi connectivity index (χ4v) is 4.17. The Bertz CT molecular complexity index is 778. The molecule has 0 saturated carbocycles. The summed E-state index contributed by atoms with van der Waals surface area (Å²) >= 11 is 0. The molecule has 0 fully saturated rings. The van der Waals surface area contributed by atoms with Crippen LogP contribution >= 0.6 is 0 Å². The molecule has 0 saturated heterocycles. The van der Waals surface area contributed by atoms with E-state index in [0.717, 1.165) is 12.0 Å². The van der Waals surface area contributed by atoms with Gasteiger partial charge in [0.05, 0.1) is 5.69 Å². The molecule has 2 heterocycles. The molecule has 0 amide bonds. The highest BCUT2D eigenvalue weighted by Crippen LogP contribution is 2.34. The maximum Gasteiger partial charge on any atom is 0.297 e. The molecule has 1 atom stereocenters. The lowest BCUT2D eigenvalue weighted by Crippen LogP contribution is -2.39. The van der Waals surface area contributed by atoms with E-state index in [0.29, 0.717) is 18.5 Å². The Morgan fingerprint density at radius 1 is 1.24 bits per heavy atom. The van der Waals surface area contributed by atoms with Gasteiger partial charge in [0.1, 0.15) is 0 Å². The molecule has 21 heavy (non-hydrogen) atoms. The third-order valence-electron chi connectivity index (χ3n) is 3.57. The highest BCUT2D eigenvalue weighted by molar-refractivity contribution is 7.92. The lowest BCUT2D eigenvalue weighted by Gasteiger charge is -2.33. The van der Waals surface area contributed by atoms with Gasteiger partial charge in [0.2, 0.25) is 5.09 Å². The van der Waals surface area contributed by atoms with Crippen LogP contribution in [0.3, 0.4) is 0 Å². The number of anilines is 1. The van der Waals surface area contributed by atoms with Crippen LogP contribution in [0.5, 0.6) is 0 Å². The molecule has 110 valence electrons. The Balaban J connectivity index is 2.08. The van der Waals surface area contributed by atoms with Gasteiger partial charge in [0.25, 0.3) is 10.0 Å². The largest absolute Gasteiger partial charge is 0.440 e. The number of sulfonamides is 1. The van der Waals surface area contributed by atoms with Crippen molar-refractivity contribution in [2.45, 2.75) is 18.4 Å². The molecule has 2 aromatic rings. The average Bonchev–Trinajstić information content (AvgIpc) is 2.96. The summed E-state index contributed by atoms with van der Waals surface area (Å²) in [4.78, 5) is 10.7. The summed E-state index contributed by atoms with van der Waals surface area (Å²) in [6.45, 7) is 2.41. The molecule has 1 aromatic heterocycles. The second-order valence-electron chi connectivity index (χ2n) is 5.25. The van der Waals surface area contributed by atoms with E-state index in [-0.39, 0.29) is 16.8 Å². The van der Waals surface area contributed by atoms with E-state index >= 15 is 0 Å². The summed E-state index contributed by atoms with van der Waals surface area (Å²) < 4.78 is 32.0. The number of benzene rings is 1. The number of furan rings is 1. The van der Waals surface area contributed by atoms with Gasteiger partial charge in [-0.25, -0.2) is 0 Å². The first-order valence-electron chi connectivity index (χ1n) is 6.68. The van der Waals surface area contributed by atoms with E-state index < -0.39 is 10.0 Å². The van der Waals surface area contributed by atoms with E-state index in [9.17, 15) is 13.2 Å². The van der Waals surface area contributed by atoms with E-state index in [4.69, 9.17) is 4.42 Å². The fraction of sp³-hybridized carbons (Fsp3) is 0.267. The minimum absolute atomic E-state index is 0.00641. The first kappa shape index (κ1) is 13.9. The molecule has 1 aliphatic rings. The van der Waals surface area contributed by atoms with E-state index in [1.165, 1.54) is 16.4 Å². The van der Waals surface area contributed by atoms with Gasteiger partial charge < -0.3 is 4.42 Å². The van der Waals surface area contributed by atoms with Gasteiger partial charge in [-0.2, -0.15) is 8.42 Å². The third-order valence-corrected chi connectivity index (χ3v) is 5.22. The summed E-state index contributed by atoms with van der Waals surface area (Å²) in [5.74, 6) is 0.224. The molecule has 1 aliphatic heterocycles. The van der Waals surface area contributed by atoms with Crippen LogP contribution in [0.15, 0.2) is 45.9 Å². The second kappa shape index (κ2) is 5.04. The predicted octanol–water partition coefficient (Wildman–Crippen LogP) is 2.48. The van der Waals surface area contributed by atoms with Crippen molar-refractivity contribution in [1.29, 1.82) is 0 Å². The maximum atomic E-state index is 12.7. The van der Waals surface area contributed by atoms with Gasteiger partial charge >= 0.3 is 0 Å². The molecule has 0 spiro atoms. The number of hydrogen-bond donors (Lipinski definition) is 0. The number of hydrogen-bond acceptors (Lipinski definition) is 4. The number of aldehydes is 1. The van der Waals surface area contributed by atoms with Crippen LogP contribution < -0.4 is 4.31 Å². The van der Waals surface area contributed by atoms with Gasteiger partial charge in [-0.3, -0.25) is 9.10 Å². The van der Waals surface area contributed by atoms with Crippen LogP contribution in [0.2, 0.25) is 0 Å². The molecule has 5 nitrogen and oxygen atoms in total. The first-order valence-corrected chi connectivity index (χ1v) is 8.12. The lowest BCUT2D eigenvalue weighted by molar-refractivity contribution is 0.109. The zero-order valence-corrected chi connectivity index (χ0v) is 12.3. The molecule has 1 aromatic carbocycles. The number of rotatable bonds is 3. The van der Waals surface area contributed by atoms with Crippen molar-refractivity contribution in [3.05, 3.63) is 47.7 Å². The molecule has 0 radical (unpaired) electrons. The van der Waals surface area contributed by atoms with Crippen molar-refractivity contribution >= 4 is 22.0 Å². The zero-order valence-electron chi connectivity index (χ0n) is 11.5. The predicted molar refractivity (Wildman–Crippen MR) is 77.9 cm³/mol. The molecule has 1 unspecified atom stereocenters. The fourth-order valence-electron chi connectivity index (χ4n) is 2.62. The van der Waals surface area contributed by atoms with E-state index in [2.05, 4.69) is 0 Å². The van der Waals surface area contributed by atoms with Crippen LogP contribution in [0.25, 0.3) is 0 Å². The molecule has 0 N–H and O–H groups in total. The minimum atomic E-state index is -3.79. The Morgan fingerprint density at radius 3 is 2.71 bits per heavy atom. The summed E-state index contributed by atoms with van der Waals surface area (Å²) in [5, 5.41) is -0.200. The normalized spacial score (nSPS) is 18.3. The van der Waals surface area contributed by atoms with Gasteiger partial charge in [-0.15, -0.1) is 0 Å². The molecule has 0 aliphatic carbocycles. The van der Waals surface area contributed by atoms with Gasteiger partial charge in [-0.1, -0.05) is 25.1 Å². The lowest BCUT2D eigenvalue weighted by atomic mass is 9.96. The standard InChI is InChI=1S/C15H15NO4S/c1-11-8-12-4-2-3-5-14(12)16(9-11)21(18,19)15-7-6-13(10-17)20-15/h2-7,10-11H,8-9H2,1H3. The number of fused-ring (bicyclic) bond motifs is 1. The van der Waals surface area contributed by atoms with Crippen molar-refractivity contribution in [3.8, 4) is 0 Å². The van der Waals surface area contributed by atoms with Crippen LogP contribution in [0, 0.1) is 5.92 Å². The third kappa shape index (κ3) is 2.35. The average molecular weight is 305 g/mol. The molecular formula is C15H15NO4S. The topological polar surface area (TPSA) is 67.6 Å². The number of carbonyl (C=O) groups is 1.